The number of piperidine rings is 1. The van der Waals surface area contributed by atoms with E-state index < -0.39 is 0 Å². The SMILES string of the molecule is COc1ccc(NC(=O)C2CCCN(C)C2)c(OC)c1. The van der Waals surface area contributed by atoms with Gasteiger partial charge in [0.2, 0.25) is 5.91 Å². The standard InChI is InChI=1S/C15H22N2O3/c1-17-8-4-5-11(10-17)15(18)16-13-7-6-12(19-2)9-14(13)20-3/h6-7,9,11H,4-5,8,10H2,1-3H3,(H,16,18). The Morgan fingerprint density at radius 2 is 2.15 bits per heavy atom. The fraction of sp³-hybridized carbons (Fsp3) is 0.533. The largest absolute Gasteiger partial charge is 0.497 e. The zero-order valence-electron chi connectivity index (χ0n) is 12.3. The Kier molecular flexibility index (Phi) is 4.84. The molecule has 0 spiro atoms. The number of carbonyl (C=O) groups is 1. The molecular weight excluding hydrogens is 256 g/mol. The first-order valence-corrected chi connectivity index (χ1v) is 6.85. The number of benzene rings is 1. The zero-order chi connectivity index (χ0) is 14.5. The molecule has 5 heteroatoms. The summed E-state index contributed by atoms with van der Waals surface area (Å²) in [4.78, 5) is 14.5. The van der Waals surface area contributed by atoms with E-state index in [9.17, 15) is 4.79 Å². The number of rotatable bonds is 4. The van der Waals surface area contributed by atoms with Gasteiger partial charge in [-0.25, -0.2) is 0 Å². The van der Waals surface area contributed by atoms with Crippen LogP contribution in [0.2, 0.25) is 0 Å². The third kappa shape index (κ3) is 3.42. The van der Waals surface area contributed by atoms with E-state index in [0.29, 0.717) is 17.2 Å². The zero-order valence-corrected chi connectivity index (χ0v) is 12.3. The second-order valence-electron chi connectivity index (χ2n) is 5.16. The first-order chi connectivity index (χ1) is 9.63. The number of nitrogens with zero attached hydrogens (tertiary/aromatic N) is 1. The summed E-state index contributed by atoms with van der Waals surface area (Å²) >= 11 is 0. The number of methoxy groups -OCH3 is 2. The van der Waals surface area contributed by atoms with E-state index in [1.54, 1.807) is 20.3 Å². The van der Waals surface area contributed by atoms with Crippen molar-refractivity contribution in [2.45, 2.75) is 12.8 Å². The number of hydrogen-bond acceptors (Lipinski definition) is 4. The van der Waals surface area contributed by atoms with Gasteiger partial charge in [-0.05, 0) is 38.6 Å². The number of anilines is 1. The van der Waals surface area contributed by atoms with Crippen LogP contribution < -0.4 is 14.8 Å². The summed E-state index contributed by atoms with van der Waals surface area (Å²) in [7, 11) is 5.23. The minimum absolute atomic E-state index is 0.0422. The van der Waals surface area contributed by atoms with Crippen LogP contribution in [0.4, 0.5) is 5.69 Å². The third-order valence-corrected chi connectivity index (χ3v) is 3.66. The average molecular weight is 278 g/mol. The van der Waals surface area contributed by atoms with Crippen LogP contribution in [-0.4, -0.2) is 45.2 Å². The molecule has 1 N–H and O–H groups in total. The van der Waals surface area contributed by atoms with Gasteiger partial charge in [0.25, 0.3) is 0 Å². The van der Waals surface area contributed by atoms with E-state index in [0.717, 1.165) is 25.9 Å². The van der Waals surface area contributed by atoms with Gasteiger partial charge in [0.1, 0.15) is 11.5 Å². The number of likely N-dealkylation sites (tertiary alicyclic amines) is 1. The molecule has 20 heavy (non-hydrogen) atoms. The maximum absolute atomic E-state index is 12.3. The molecule has 1 aliphatic heterocycles. The minimum atomic E-state index is 0.0422. The predicted molar refractivity (Wildman–Crippen MR) is 78.4 cm³/mol. The quantitative estimate of drug-likeness (QED) is 0.915. The monoisotopic (exact) mass is 278 g/mol. The molecule has 1 heterocycles. The Balaban J connectivity index is 2.07. The van der Waals surface area contributed by atoms with Crippen LogP contribution in [0.1, 0.15) is 12.8 Å². The van der Waals surface area contributed by atoms with Crippen molar-refractivity contribution in [2.24, 2.45) is 5.92 Å². The van der Waals surface area contributed by atoms with E-state index in [4.69, 9.17) is 9.47 Å². The minimum Gasteiger partial charge on any atom is -0.497 e. The number of nitrogens with one attached hydrogen (secondary N) is 1. The summed E-state index contributed by atoms with van der Waals surface area (Å²) in [6.45, 7) is 1.87. The molecule has 0 aromatic heterocycles. The molecule has 5 nitrogen and oxygen atoms in total. The molecule has 1 aromatic carbocycles. The van der Waals surface area contributed by atoms with Crippen LogP contribution in [0, 0.1) is 5.92 Å². The Morgan fingerprint density at radius 1 is 1.35 bits per heavy atom. The molecule has 1 aromatic rings. The lowest BCUT2D eigenvalue weighted by Gasteiger charge is -2.28. The Hall–Kier alpha value is -1.75. The molecule has 1 saturated heterocycles. The van der Waals surface area contributed by atoms with Crippen molar-refractivity contribution in [1.29, 1.82) is 0 Å². The van der Waals surface area contributed by atoms with Crippen molar-refractivity contribution < 1.29 is 14.3 Å². The summed E-state index contributed by atoms with van der Waals surface area (Å²) in [5.41, 5.74) is 0.687. The first kappa shape index (κ1) is 14.7. The van der Waals surface area contributed by atoms with Gasteiger partial charge >= 0.3 is 0 Å². The van der Waals surface area contributed by atoms with Gasteiger partial charge in [0, 0.05) is 12.6 Å². The molecule has 0 aliphatic carbocycles. The molecule has 1 amide bonds. The fourth-order valence-electron chi connectivity index (χ4n) is 2.52. The molecule has 0 bridgehead atoms. The Morgan fingerprint density at radius 3 is 2.80 bits per heavy atom. The van der Waals surface area contributed by atoms with Crippen molar-refractivity contribution in [3.05, 3.63) is 18.2 Å². The molecule has 0 radical (unpaired) electrons. The van der Waals surface area contributed by atoms with E-state index in [2.05, 4.69) is 10.2 Å². The van der Waals surface area contributed by atoms with Crippen LogP contribution >= 0.6 is 0 Å². The van der Waals surface area contributed by atoms with Gasteiger partial charge in [-0.15, -0.1) is 0 Å². The second-order valence-corrected chi connectivity index (χ2v) is 5.16. The molecule has 0 saturated carbocycles. The highest BCUT2D eigenvalue weighted by atomic mass is 16.5. The lowest BCUT2D eigenvalue weighted by atomic mass is 9.97. The topological polar surface area (TPSA) is 50.8 Å². The van der Waals surface area contributed by atoms with Crippen LogP contribution in [0.15, 0.2) is 18.2 Å². The van der Waals surface area contributed by atoms with Crippen LogP contribution in [0.3, 0.4) is 0 Å². The van der Waals surface area contributed by atoms with E-state index in [1.807, 2.05) is 19.2 Å². The lowest BCUT2D eigenvalue weighted by Crippen LogP contribution is -2.38. The van der Waals surface area contributed by atoms with Gasteiger partial charge in [-0.3, -0.25) is 4.79 Å². The summed E-state index contributed by atoms with van der Waals surface area (Å²) in [5.74, 6) is 1.42. The van der Waals surface area contributed by atoms with Crippen LogP contribution in [0.5, 0.6) is 11.5 Å². The first-order valence-electron chi connectivity index (χ1n) is 6.85. The van der Waals surface area contributed by atoms with Crippen molar-refractivity contribution in [1.82, 2.24) is 4.90 Å². The number of carbonyl (C=O) groups excluding carboxylic acids is 1. The van der Waals surface area contributed by atoms with Gasteiger partial charge in [-0.1, -0.05) is 0 Å². The second kappa shape index (κ2) is 6.61. The van der Waals surface area contributed by atoms with Gasteiger partial charge in [-0.2, -0.15) is 0 Å². The molecule has 1 unspecified atom stereocenters. The number of ether oxygens (including phenoxy) is 2. The van der Waals surface area contributed by atoms with E-state index >= 15 is 0 Å². The molecule has 1 aliphatic rings. The summed E-state index contributed by atoms with van der Waals surface area (Å²) in [6.07, 6.45) is 2.00. The number of hydrogen-bond donors (Lipinski definition) is 1. The van der Waals surface area contributed by atoms with E-state index in [-0.39, 0.29) is 11.8 Å². The van der Waals surface area contributed by atoms with Gasteiger partial charge < -0.3 is 19.7 Å². The maximum atomic E-state index is 12.3. The smallest absolute Gasteiger partial charge is 0.228 e. The fourth-order valence-corrected chi connectivity index (χ4v) is 2.52. The summed E-state index contributed by atoms with van der Waals surface area (Å²) in [6, 6.07) is 5.38. The summed E-state index contributed by atoms with van der Waals surface area (Å²) < 4.78 is 10.4. The summed E-state index contributed by atoms with van der Waals surface area (Å²) in [5, 5.41) is 2.96. The molecular formula is C15H22N2O3. The lowest BCUT2D eigenvalue weighted by molar-refractivity contribution is -0.121. The van der Waals surface area contributed by atoms with Gasteiger partial charge in [0.15, 0.2) is 0 Å². The Bertz CT molecular complexity index is 476. The van der Waals surface area contributed by atoms with Crippen molar-refractivity contribution in [2.75, 3.05) is 39.7 Å². The highest BCUT2D eigenvalue weighted by molar-refractivity contribution is 5.94. The third-order valence-electron chi connectivity index (χ3n) is 3.66. The highest BCUT2D eigenvalue weighted by Crippen LogP contribution is 2.30. The van der Waals surface area contributed by atoms with Crippen LogP contribution in [-0.2, 0) is 4.79 Å². The maximum Gasteiger partial charge on any atom is 0.228 e. The predicted octanol–water partition coefficient (Wildman–Crippen LogP) is 1.98. The normalized spacial score (nSPS) is 19.4. The van der Waals surface area contributed by atoms with Crippen LogP contribution in [0.25, 0.3) is 0 Å². The molecule has 110 valence electrons. The average Bonchev–Trinajstić information content (AvgIpc) is 2.47. The van der Waals surface area contributed by atoms with Crippen molar-refractivity contribution >= 4 is 11.6 Å². The van der Waals surface area contributed by atoms with E-state index in [1.165, 1.54) is 0 Å². The van der Waals surface area contributed by atoms with Gasteiger partial charge in [0.05, 0.1) is 25.8 Å². The number of amides is 1. The molecule has 1 fully saturated rings. The molecule has 2 rings (SSSR count). The Labute approximate surface area is 119 Å². The van der Waals surface area contributed by atoms with Crippen molar-refractivity contribution in [3.63, 3.8) is 0 Å². The highest BCUT2D eigenvalue weighted by Gasteiger charge is 2.24. The molecule has 1 atom stereocenters. The van der Waals surface area contributed by atoms with Crippen molar-refractivity contribution in [3.8, 4) is 11.5 Å².